The van der Waals surface area contributed by atoms with E-state index in [1.807, 2.05) is 0 Å². The number of aromatic nitrogens is 2. The Hall–Kier alpha value is -1.53. The molecule has 19 heavy (non-hydrogen) atoms. The number of aliphatic hydroxyl groups excluding tert-OH is 1. The Kier molecular flexibility index (Phi) is 4.11. The third kappa shape index (κ3) is 2.90. The number of hydrogen-bond acceptors (Lipinski definition) is 3. The molecule has 1 heterocycles. The minimum atomic E-state index is -0.405. The summed E-state index contributed by atoms with van der Waals surface area (Å²) in [6.45, 7) is 1.57. The summed E-state index contributed by atoms with van der Waals surface area (Å²) >= 11 is 3.30. The average molecular weight is 327 g/mol. The lowest BCUT2D eigenvalue weighted by molar-refractivity contribution is 0.298. The number of benzene rings is 1. The zero-order valence-electron chi connectivity index (χ0n) is 10.2. The molecule has 4 nitrogen and oxygen atoms in total. The van der Waals surface area contributed by atoms with E-state index in [0.29, 0.717) is 27.1 Å². The van der Waals surface area contributed by atoms with Crippen LogP contribution in [0.4, 0.5) is 4.39 Å². The second-order valence-electron chi connectivity index (χ2n) is 4.08. The van der Waals surface area contributed by atoms with Crippen molar-refractivity contribution in [2.24, 2.45) is 0 Å². The smallest absolute Gasteiger partial charge is 0.254 e. The number of H-pyrrole nitrogens is 1. The summed E-state index contributed by atoms with van der Waals surface area (Å²) in [4.78, 5) is 18.8. The van der Waals surface area contributed by atoms with Crippen LogP contribution in [0.1, 0.15) is 11.3 Å². The van der Waals surface area contributed by atoms with Crippen molar-refractivity contribution in [3.63, 3.8) is 0 Å². The molecule has 2 N–H and O–H groups in total. The number of aryl methyl sites for hydroxylation is 1. The number of nitrogens with one attached hydrogen (secondary N) is 1. The van der Waals surface area contributed by atoms with E-state index in [0.717, 1.165) is 0 Å². The second-order valence-corrected chi connectivity index (χ2v) is 4.93. The van der Waals surface area contributed by atoms with E-state index in [9.17, 15) is 9.18 Å². The van der Waals surface area contributed by atoms with Crippen LogP contribution < -0.4 is 5.56 Å². The summed E-state index contributed by atoms with van der Waals surface area (Å²) in [7, 11) is 0. The predicted octanol–water partition coefficient (Wildman–Crippen LogP) is 2.18. The molecule has 0 spiro atoms. The molecular weight excluding hydrogens is 315 g/mol. The number of aliphatic hydroxyl groups is 1. The van der Waals surface area contributed by atoms with Gasteiger partial charge in [0.15, 0.2) is 0 Å². The van der Waals surface area contributed by atoms with Gasteiger partial charge in [-0.05, 0) is 25.1 Å². The van der Waals surface area contributed by atoms with Crippen LogP contribution in [0.3, 0.4) is 0 Å². The van der Waals surface area contributed by atoms with Crippen LogP contribution in [0.2, 0.25) is 0 Å². The Morgan fingerprint density at radius 3 is 2.84 bits per heavy atom. The molecule has 2 aromatic rings. The van der Waals surface area contributed by atoms with Crippen molar-refractivity contribution >= 4 is 15.9 Å². The Bertz CT molecular complexity index is 670. The molecule has 0 aliphatic rings. The molecule has 2 rings (SSSR count). The van der Waals surface area contributed by atoms with Crippen LogP contribution in [0, 0.1) is 12.7 Å². The number of halogens is 2. The highest BCUT2D eigenvalue weighted by Crippen LogP contribution is 2.26. The number of aromatic amines is 1. The van der Waals surface area contributed by atoms with Crippen LogP contribution >= 0.6 is 15.9 Å². The van der Waals surface area contributed by atoms with Crippen molar-refractivity contribution < 1.29 is 9.50 Å². The maximum absolute atomic E-state index is 13.3. The Morgan fingerprint density at radius 2 is 2.21 bits per heavy atom. The van der Waals surface area contributed by atoms with Gasteiger partial charge in [0.2, 0.25) is 0 Å². The normalized spacial score (nSPS) is 10.7. The topological polar surface area (TPSA) is 66.0 Å². The van der Waals surface area contributed by atoms with E-state index in [1.165, 1.54) is 12.1 Å². The molecule has 0 aliphatic heterocycles. The maximum atomic E-state index is 13.3. The molecule has 6 heteroatoms. The van der Waals surface area contributed by atoms with E-state index in [4.69, 9.17) is 5.11 Å². The molecule has 0 radical (unpaired) electrons. The zero-order chi connectivity index (χ0) is 14.0. The van der Waals surface area contributed by atoms with Crippen LogP contribution in [0.25, 0.3) is 11.4 Å². The molecule has 100 valence electrons. The van der Waals surface area contributed by atoms with Gasteiger partial charge in [-0.15, -0.1) is 0 Å². The molecular formula is C13H12BrFN2O2. The molecule has 0 aliphatic carbocycles. The quantitative estimate of drug-likeness (QED) is 0.908. The van der Waals surface area contributed by atoms with Crippen LogP contribution in [-0.2, 0) is 6.42 Å². The van der Waals surface area contributed by atoms with Gasteiger partial charge in [-0.2, -0.15) is 0 Å². The molecule has 0 saturated heterocycles. The molecule has 0 bridgehead atoms. The van der Waals surface area contributed by atoms with Gasteiger partial charge in [-0.3, -0.25) is 4.79 Å². The molecule has 0 saturated carbocycles. The summed E-state index contributed by atoms with van der Waals surface area (Å²) in [5, 5.41) is 8.90. The summed E-state index contributed by atoms with van der Waals surface area (Å²) in [5.74, 6) is -0.103. The Morgan fingerprint density at radius 1 is 1.47 bits per heavy atom. The van der Waals surface area contributed by atoms with E-state index in [2.05, 4.69) is 25.9 Å². The largest absolute Gasteiger partial charge is 0.396 e. The maximum Gasteiger partial charge on any atom is 0.254 e. The lowest BCUT2D eigenvalue weighted by Gasteiger charge is -2.08. The van der Waals surface area contributed by atoms with Gasteiger partial charge in [0, 0.05) is 34.3 Å². The third-order valence-corrected chi connectivity index (χ3v) is 3.46. The van der Waals surface area contributed by atoms with Crippen molar-refractivity contribution in [3.05, 3.63) is 50.1 Å². The molecule has 1 aromatic heterocycles. The summed E-state index contributed by atoms with van der Waals surface area (Å²) < 4.78 is 13.9. The lowest BCUT2D eigenvalue weighted by Crippen LogP contribution is -2.18. The molecule has 0 fully saturated rings. The van der Waals surface area contributed by atoms with E-state index in [1.54, 1.807) is 13.0 Å². The number of nitrogens with zero attached hydrogens (tertiary/aromatic N) is 1. The monoisotopic (exact) mass is 326 g/mol. The molecule has 0 atom stereocenters. The van der Waals surface area contributed by atoms with Gasteiger partial charge in [-0.25, -0.2) is 9.37 Å². The second kappa shape index (κ2) is 5.63. The van der Waals surface area contributed by atoms with Gasteiger partial charge >= 0.3 is 0 Å². The number of rotatable bonds is 3. The minimum Gasteiger partial charge on any atom is -0.396 e. The van der Waals surface area contributed by atoms with Gasteiger partial charge < -0.3 is 10.1 Å². The zero-order valence-corrected chi connectivity index (χ0v) is 11.8. The van der Waals surface area contributed by atoms with E-state index in [-0.39, 0.29) is 18.6 Å². The Balaban J connectivity index is 2.58. The highest BCUT2D eigenvalue weighted by atomic mass is 79.9. The fourth-order valence-electron chi connectivity index (χ4n) is 1.82. The SMILES string of the molecule is Cc1nc(-c2cc(F)ccc2Br)[nH]c(=O)c1CCO. The highest BCUT2D eigenvalue weighted by Gasteiger charge is 2.12. The van der Waals surface area contributed by atoms with E-state index < -0.39 is 5.82 Å². The van der Waals surface area contributed by atoms with Gasteiger partial charge in [-0.1, -0.05) is 15.9 Å². The van der Waals surface area contributed by atoms with Crippen molar-refractivity contribution in [2.75, 3.05) is 6.61 Å². The van der Waals surface area contributed by atoms with Gasteiger partial charge in [0.25, 0.3) is 5.56 Å². The van der Waals surface area contributed by atoms with Gasteiger partial charge in [0.05, 0.1) is 0 Å². The van der Waals surface area contributed by atoms with Crippen LogP contribution in [0.5, 0.6) is 0 Å². The average Bonchev–Trinajstić information content (AvgIpc) is 2.36. The van der Waals surface area contributed by atoms with Crippen LogP contribution in [-0.4, -0.2) is 21.7 Å². The first-order valence-electron chi connectivity index (χ1n) is 5.69. The summed E-state index contributed by atoms with van der Waals surface area (Å²) in [6.07, 6.45) is 0.249. The predicted molar refractivity (Wildman–Crippen MR) is 73.5 cm³/mol. The van der Waals surface area contributed by atoms with Crippen LogP contribution in [0.15, 0.2) is 27.5 Å². The summed E-state index contributed by atoms with van der Waals surface area (Å²) in [6, 6.07) is 4.17. The first-order chi connectivity index (χ1) is 9.02. The van der Waals surface area contributed by atoms with Gasteiger partial charge in [0.1, 0.15) is 11.6 Å². The van der Waals surface area contributed by atoms with E-state index >= 15 is 0 Å². The molecule has 1 aromatic carbocycles. The van der Waals surface area contributed by atoms with Crippen molar-refractivity contribution in [2.45, 2.75) is 13.3 Å². The summed E-state index contributed by atoms with van der Waals surface area (Å²) in [5.41, 5.74) is 1.14. The standard InChI is InChI=1S/C13H12BrFN2O2/c1-7-9(4-5-18)13(19)17-12(16-7)10-6-8(15)2-3-11(10)14/h2-3,6,18H,4-5H2,1H3,(H,16,17,19). The van der Waals surface area contributed by atoms with Crippen molar-refractivity contribution in [1.82, 2.24) is 9.97 Å². The fraction of sp³-hybridized carbons (Fsp3) is 0.231. The lowest BCUT2D eigenvalue weighted by atomic mass is 10.1. The van der Waals surface area contributed by atoms with Crippen molar-refractivity contribution in [1.29, 1.82) is 0 Å². The first-order valence-corrected chi connectivity index (χ1v) is 6.48. The third-order valence-electron chi connectivity index (χ3n) is 2.77. The minimum absolute atomic E-state index is 0.116. The first kappa shape index (κ1) is 13.9. The highest BCUT2D eigenvalue weighted by molar-refractivity contribution is 9.10. The molecule has 0 amide bonds. The Labute approximate surface area is 117 Å². The fourth-order valence-corrected chi connectivity index (χ4v) is 2.26. The molecule has 0 unspecified atom stereocenters. The van der Waals surface area contributed by atoms with Crippen molar-refractivity contribution in [3.8, 4) is 11.4 Å². The number of hydrogen-bond donors (Lipinski definition) is 2.